The van der Waals surface area contributed by atoms with E-state index in [0.29, 0.717) is 16.8 Å². The van der Waals surface area contributed by atoms with Crippen LogP contribution in [0.1, 0.15) is 33.8 Å². The van der Waals surface area contributed by atoms with E-state index in [1.807, 2.05) is 23.6 Å². The minimum absolute atomic E-state index is 0.174. The molecule has 2 saturated heterocycles. The van der Waals surface area contributed by atoms with Crippen LogP contribution in [0.5, 0.6) is 0 Å². The lowest BCUT2D eigenvalue weighted by atomic mass is 9.75. The first-order valence-electron chi connectivity index (χ1n) is 10.8. The molecular formula is C26H22N2O5S. The summed E-state index contributed by atoms with van der Waals surface area (Å²) in [5.74, 6) is -3.57. The molecule has 172 valence electrons. The SMILES string of the molecule is COC(=O)C1(c2ccccc2)NC(c2cccs2)C2C(=O)N(c3cccc(C(C)=O)c3)C(=O)C21. The summed E-state index contributed by atoms with van der Waals surface area (Å²) in [6.07, 6.45) is 0. The van der Waals surface area contributed by atoms with Crippen LogP contribution in [0.3, 0.4) is 0 Å². The summed E-state index contributed by atoms with van der Waals surface area (Å²) >= 11 is 1.45. The Bertz CT molecular complexity index is 1290. The van der Waals surface area contributed by atoms with Crippen molar-refractivity contribution in [1.82, 2.24) is 5.32 Å². The molecule has 34 heavy (non-hydrogen) atoms. The highest BCUT2D eigenvalue weighted by Crippen LogP contribution is 2.54. The first-order chi connectivity index (χ1) is 16.4. The van der Waals surface area contributed by atoms with Gasteiger partial charge in [-0.15, -0.1) is 11.3 Å². The van der Waals surface area contributed by atoms with Gasteiger partial charge in [-0.1, -0.05) is 48.5 Å². The first kappa shape index (κ1) is 22.2. The van der Waals surface area contributed by atoms with E-state index in [1.165, 1.54) is 31.4 Å². The highest BCUT2D eigenvalue weighted by atomic mass is 32.1. The molecule has 2 amide bonds. The minimum atomic E-state index is -1.55. The molecule has 2 fully saturated rings. The zero-order valence-corrected chi connectivity index (χ0v) is 19.4. The van der Waals surface area contributed by atoms with Gasteiger partial charge in [0.2, 0.25) is 11.8 Å². The molecule has 7 nitrogen and oxygen atoms in total. The van der Waals surface area contributed by atoms with Crippen molar-refractivity contribution in [2.45, 2.75) is 18.5 Å². The van der Waals surface area contributed by atoms with Crippen molar-refractivity contribution in [3.8, 4) is 0 Å². The Hall–Kier alpha value is -3.62. The van der Waals surface area contributed by atoms with Gasteiger partial charge < -0.3 is 4.74 Å². The largest absolute Gasteiger partial charge is 0.467 e. The van der Waals surface area contributed by atoms with Crippen LogP contribution in [0.2, 0.25) is 0 Å². The molecule has 8 heteroatoms. The van der Waals surface area contributed by atoms with Gasteiger partial charge in [0, 0.05) is 10.4 Å². The molecule has 0 saturated carbocycles. The molecule has 1 aromatic heterocycles. The number of nitrogens with one attached hydrogen (secondary N) is 1. The summed E-state index contributed by atoms with van der Waals surface area (Å²) in [7, 11) is 1.28. The number of rotatable bonds is 5. The number of esters is 1. The van der Waals surface area contributed by atoms with Gasteiger partial charge in [-0.25, -0.2) is 9.69 Å². The Balaban J connectivity index is 1.71. The number of carbonyl (C=O) groups excluding carboxylic acids is 4. The summed E-state index contributed by atoms with van der Waals surface area (Å²) < 4.78 is 5.22. The molecule has 2 aliphatic heterocycles. The van der Waals surface area contributed by atoms with E-state index >= 15 is 0 Å². The van der Waals surface area contributed by atoms with E-state index < -0.39 is 41.2 Å². The number of thiophene rings is 1. The molecular weight excluding hydrogens is 452 g/mol. The third kappa shape index (κ3) is 3.13. The lowest BCUT2D eigenvalue weighted by Gasteiger charge is -2.32. The number of benzene rings is 2. The van der Waals surface area contributed by atoms with Crippen LogP contribution in [0.15, 0.2) is 72.1 Å². The van der Waals surface area contributed by atoms with Gasteiger partial charge >= 0.3 is 5.97 Å². The van der Waals surface area contributed by atoms with Crippen LogP contribution < -0.4 is 10.2 Å². The molecule has 0 bridgehead atoms. The van der Waals surface area contributed by atoms with Gasteiger partial charge in [0.05, 0.1) is 30.7 Å². The van der Waals surface area contributed by atoms with Crippen LogP contribution in [-0.2, 0) is 24.7 Å². The standard InChI is InChI=1S/C26H22N2O5S/c1-15(29)16-8-6-11-18(14-16)28-23(30)20-21(24(28)31)26(25(32)33-2,17-9-4-3-5-10-17)27-22(20)19-12-7-13-34-19/h3-14,20-22,27H,1-2H3. The van der Waals surface area contributed by atoms with Crippen molar-refractivity contribution in [3.05, 3.63) is 88.1 Å². The number of imide groups is 1. The number of hydrogen-bond donors (Lipinski definition) is 1. The fraction of sp³-hybridized carbons (Fsp3) is 0.231. The van der Waals surface area contributed by atoms with Crippen molar-refractivity contribution < 1.29 is 23.9 Å². The van der Waals surface area contributed by atoms with Gasteiger partial charge in [-0.05, 0) is 36.1 Å². The fourth-order valence-electron chi connectivity index (χ4n) is 5.17. The number of nitrogens with zero attached hydrogens (tertiary/aromatic N) is 1. The van der Waals surface area contributed by atoms with E-state index in [9.17, 15) is 19.2 Å². The maximum Gasteiger partial charge on any atom is 0.331 e. The van der Waals surface area contributed by atoms with Gasteiger partial charge in [0.15, 0.2) is 11.3 Å². The third-order valence-electron chi connectivity index (χ3n) is 6.66. The average Bonchev–Trinajstić information content (AvgIpc) is 3.56. The third-order valence-corrected chi connectivity index (χ3v) is 7.61. The predicted octanol–water partition coefficient (Wildman–Crippen LogP) is 3.47. The zero-order chi connectivity index (χ0) is 24.0. The number of fused-ring (bicyclic) bond motifs is 1. The number of ether oxygens (including phenoxy) is 1. The molecule has 0 spiro atoms. The smallest absolute Gasteiger partial charge is 0.331 e. The van der Waals surface area contributed by atoms with Crippen LogP contribution in [0.25, 0.3) is 0 Å². The summed E-state index contributed by atoms with van der Waals surface area (Å²) in [6.45, 7) is 1.43. The average molecular weight is 475 g/mol. The van der Waals surface area contributed by atoms with Crippen LogP contribution in [0, 0.1) is 11.8 Å². The molecule has 4 unspecified atom stereocenters. The molecule has 5 rings (SSSR count). The molecule has 3 aromatic rings. The first-order valence-corrected chi connectivity index (χ1v) is 11.7. The van der Waals surface area contributed by atoms with Gasteiger partial charge in [-0.3, -0.25) is 19.7 Å². The summed E-state index contributed by atoms with van der Waals surface area (Å²) in [5.41, 5.74) is -0.287. The van der Waals surface area contributed by atoms with Crippen molar-refractivity contribution in [2.24, 2.45) is 11.8 Å². The molecule has 0 radical (unpaired) electrons. The lowest BCUT2D eigenvalue weighted by molar-refractivity contribution is -0.152. The normalized spacial score (nSPS) is 25.9. The maximum absolute atomic E-state index is 14.0. The number of Topliss-reactive ketones (excluding diaryl/α,β-unsaturated/α-hetero) is 1. The molecule has 4 atom stereocenters. The van der Waals surface area contributed by atoms with E-state index in [4.69, 9.17) is 4.74 Å². The Kier molecular flexibility index (Phi) is 5.42. The maximum atomic E-state index is 14.0. The Labute approximate surface area is 200 Å². The van der Waals surface area contributed by atoms with Gasteiger partial charge in [0.1, 0.15) is 0 Å². The summed E-state index contributed by atoms with van der Waals surface area (Å²) in [6, 6.07) is 18.5. The molecule has 1 N–H and O–H groups in total. The van der Waals surface area contributed by atoms with Crippen LogP contribution in [0.4, 0.5) is 5.69 Å². The van der Waals surface area contributed by atoms with Crippen molar-refractivity contribution in [2.75, 3.05) is 12.0 Å². The fourth-order valence-corrected chi connectivity index (χ4v) is 5.99. The Morgan fingerprint density at radius 1 is 1.00 bits per heavy atom. The van der Waals surface area contributed by atoms with Crippen LogP contribution in [-0.4, -0.2) is 30.7 Å². The highest BCUT2D eigenvalue weighted by Gasteiger charge is 2.69. The number of anilines is 1. The summed E-state index contributed by atoms with van der Waals surface area (Å²) in [5, 5.41) is 5.24. The highest BCUT2D eigenvalue weighted by molar-refractivity contribution is 7.10. The number of amides is 2. The summed E-state index contributed by atoms with van der Waals surface area (Å²) in [4.78, 5) is 55.1. The predicted molar refractivity (Wildman–Crippen MR) is 126 cm³/mol. The molecule has 3 heterocycles. The second-order valence-corrected chi connectivity index (χ2v) is 9.40. The van der Waals surface area contributed by atoms with E-state index in [-0.39, 0.29) is 5.78 Å². The van der Waals surface area contributed by atoms with Crippen molar-refractivity contribution in [3.63, 3.8) is 0 Å². The monoisotopic (exact) mass is 474 g/mol. The van der Waals surface area contributed by atoms with E-state index in [2.05, 4.69) is 5.32 Å². The van der Waals surface area contributed by atoms with Crippen LogP contribution >= 0.6 is 11.3 Å². The molecule has 0 aliphatic carbocycles. The minimum Gasteiger partial charge on any atom is -0.467 e. The Morgan fingerprint density at radius 2 is 1.76 bits per heavy atom. The number of hydrogen-bond acceptors (Lipinski definition) is 7. The Morgan fingerprint density at radius 3 is 2.41 bits per heavy atom. The van der Waals surface area contributed by atoms with E-state index in [1.54, 1.807) is 42.5 Å². The van der Waals surface area contributed by atoms with Crippen molar-refractivity contribution in [1.29, 1.82) is 0 Å². The molecule has 2 aromatic carbocycles. The van der Waals surface area contributed by atoms with Gasteiger partial charge in [0.25, 0.3) is 0 Å². The number of methoxy groups -OCH3 is 1. The quantitative estimate of drug-likeness (QED) is 0.346. The van der Waals surface area contributed by atoms with E-state index in [0.717, 1.165) is 9.78 Å². The van der Waals surface area contributed by atoms with Crippen molar-refractivity contribution >= 4 is 40.6 Å². The number of carbonyl (C=O) groups is 4. The lowest BCUT2D eigenvalue weighted by Crippen LogP contribution is -2.53. The zero-order valence-electron chi connectivity index (χ0n) is 18.6. The van der Waals surface area contributed by atoms with Gasteiger partial charge in [-0.2, -0.15) is 0 Å². The topological polar surface area (TPSA) is 92.8 Å². The molecule has 2 aliphatic rings. The number of ketones is 1. The second kappa shape index (κ2) is 8.30. The second-order valence-electron chi connectivity index (χ2n) is 8.42.